The molecular weight excluding hydrogens is 370 g/mol. The molecule has 3 aliphatic heterocycles. The highest BCUT2D eigenvalue weighted by Gasteiger charge is 2.52. The molecule has 146 valence electrons. The maximum atomic E-state index is 6.69. The van der Waals surface area contributed by atoms with Crippen LogP contribution in [0.3, 0.4) is 0 Å². The van der Waals surface area contributed by atoms with Crippen LogP contribution >= 0.6 is 11.6 Å². The quantitative estimate of drug-likeness (QED) is 0.857. The number of hydrazone groups is 1. The van der Waals surface area contributed by atoms with Gasteiger partial charge in [0.05, 0.1) is 44.2 Å². The van der Waals surface area contributed by atoms with Crippen molar-refractivity contribution in [3.63, 3.8) is 0 Å². The van der Waals surface area contributed by atoms with Gasteiger partial charge in [-0.15, -0.1) is 0 Å². The zero-order valence-electron chi connectivity index (χ0n) is 16.3. The standard InChI is InChI=1S/C23H26ClN3O/c1-2-13-26-14-11-23(12-15-26)27-21(19-5-3-4-6-22(19)28-23)16-20(25-27)17-7-9-18(24)10-8-17/h3-10,21H,2,11-16H2,1H3/p+1/t21-/m0/s1. The van der Waals surface area contributed by atoms with Gasteiger partial charge in [-0.1, -0.05) is 48.9 Å². The number of ether oxygens (including phenoxy) is 1. The summed E-state index contributed by atoms with van der Waals surface area (Å²) in [5, 5.41) is 8.18. The number of likely N-dealkylation sites (tertiary alicyclic amines) is 1. The molecule has 5 heteroatoms. The maximum Gasteiger partial charge on any atom is 0.208 e. The number of benzene rings is 2. The molecule has 2 aromatic carbocycles. The molecule has 1 saturated heterocycles. The van der Waals surface area contributed by atoms with Crippen LogP contribution in [-0.4, -0.2) is 36.1 Å². The Bertz CT molecular complexity index is 887. The molecule has 5 rings (SSSR count). The van der Waals surface area contributed by atoms with Gasteiger partial charge in [-0.3, -0.25) is 0 Å². The fourth-order valence-electron chi connectivity index (χ4n) is 4.97. The van der Waals surface area contributed by atoms with Crippen molar-refractivity contribution in [3.05, 3.63) is 64.7 Å². The highest BCUT2D eigenvalue weighted by Crippen LogP contribution is 2.49. The lowest BCUT2D eigenvalue weighted by atomic mass is 9.90. The Labute approximate surface area is 171 Å². The molecular formula is C23H27ClN3O+. The van der Waals surface area contributed by atoms with Crippen LogP contribution in [0.1, 0.15) is 49.8 Å². The number of hydrogen-bond acceptors (Lipinski definition) is 3. The summed E-state index contributed by atoms with van der Waals surface area (Å²) in [6.07, 6.45) is 4.18. The summed E-state index contributed by atoms with van der Waals surface area (Å²) in [6.45, 7) is 5.80. The predicted molar refractivity (Wildman–Crippen MR) is 112 cm³/mol. The van der Waals surface area contributed by atoms with E-state index in [0.717, 1.165) is 54.4 Å². The van der Waals surface area contributed by atoms with Crippen molar-refractivity contribution in [2.45, 2.75) is 44.4 Å². The molecule has 3 heterocycles. The summed E-state index contributed by atoms with van der Waals surface area (Å²) in [7, 11) is 0. The molecule has 28 heavy (non-hydrogen) atoms. The molecule has 1 fully saturated rings. The molecule has 0 radical (unpaired) electrons. The van der Waals surface area contributed by atoms with Crippen LogP contribution in [0.15, 0.2) is 53.6 Å². The minimum Gasteiger partial charge on any atom is -0.466 e. The SMILES string of the molecule is CCC[NH+]1CCC2(CC1)Oc1ccccc1[C@@H]1CC(c3ccc(Cl)cc3)=NN12. The highest BCUT2D eigenvalue weighted by molar-refractivity contribution is 6.30. The summed E-state index contributed by atoms with van der Waals surface area (Å²) in [5.41, 5.74) is 3.22. The molecule has 0 unspecified atom stereocenters. The second-order valence-electron chi connectivity index (χ2n) is 8.20. The molecule has 4 nitrogen and oxygen atoms in total. The van der Waals surface area contributed by atoms with Gasteiger partial charge in [0.15, 0.2) is 0 Å². The summed E-state index contributed by atoms with van der Waals surface area (Å²) in [6, 6.07) is 16.8. The smallest absolute Gasteiger partial charge is 0.208 e. The number of hydrogen-bond donors (Lipinski definition) is 1. The first kappa shape index (κ1) is 18.0. The summed E-state index contributed by atoms with van der Waals surface area (Å²) >= 11 is 6.09. The fourth-order valence-corrected chi connectivity index (χ4v) is 5.10. The molecule has 0 saturated carbocycles. The van der Waals surface area contributed by atoms with Gasteiger partial charge in [0.25, 0.3) is 0 Å². The Balaban J connectivity index is 1.51. The van der Waals surface area contributed by atoms with Gasteiger partial charge < -0.3 is 9.64 Å². The average molecular weight is 397 g/mol. The zero-order chi connectivity index (χ0) is 19.1. The Morgan fingerprint density at radius 2 is 1.89 bits per heavy atom. The minimum absolute atomic E-state index is 0.253. The number of rotatable bonds is 3. The van der Waals surface area contributed by atoms with Gasteiger partial charge in [0, 0.05) is 17.0 Å². The van der Waals surface area contributed by atoms with E-state index in [1.807, 2.05) is 12.1 Å². The molecule has 3 aliphatic rings. The van der Waals surface area contributed by atoms with Crippen LogP contribution in [0.2, 0.25) is 5.02 Å². The second kappa shape index (κ2) is 7.09. The molecule has 0 aliphatic carbocycles. The highest BCUT2D eigenvalue weighted by atomic mass is 35.5. The van der Waals surface area contributed by atoms with E-state index in [1.165, 1.54) is 18.5 Å². The van der Waals surface area contributed by atoms with Crippen LogP contribution < -0.4 is 9.64 Å². The van der Waals surface area contributed by atoms with Crippen LogP contribution in [0.4, 0.5) is 0 Å². The number of nitrogens with zero attached hydrogens (tertiary/aromatic N) is 2. The van der Waals surface area contributed by atoms with Crippen molar-refractivity contribution in [1.82, 2.24) is 5.01 Å². The lowest BCUT2D eigenvalue weighted by Gasteiger charge is -2.50. The number of halogens is 1. The third-order valence-corrected chi connectivity index (χ3v) is 6.68. The van der Waals surface area contributed by atoms with Crippen LogP contribution in [0.25, 0.3) is 0 Å². The van der Waals surface area contributed by atoms with Crippen LogP contribution in [0, 0.1) is 0 Å². The second-order valence-corrected chi connectivity index (χ2v) is 8.64. The Morgan fingerprint density at radius 1 is 1.14 bits per heavy atom. The number of quaternary nitrogens is 1. The van der Waals surface area contributed by atoms with E-state index in [4.69, 9.17) is 21.4 Å². The third-order valence-electron chi connectivity index (χ3n) is 6.43. The Morgan fingerprint density at radius 3 is 2.64 bits per heavy atom. The predicted octanol–water partition coefficient (Wildman–Crippen LogP) is 3.67. The topological polar surface area (TPSA) is 29.3 Å². The molecule has 0 aromatic heterocycles. The number of para-hydroxylation sites is 1. The monoisotopic (exact) mass is 396 g/mol. The van der Waals surface area contributed by atoms with Crippen molar-refractivity contribution in [2.75, 3.05) is 19.6 Å². The first-order valence-electron chi connectivity index (χ1n) is 10.4. The van der Waals surface area contributed by atoms with E-state index in [2.05, 4.69) is 48.3 Å². The van der Waals surface area contributed by atoms with E-state index in [0.29, 0.717) is 0 Å². The lowest BCUT2D eigenvalue weighted by Crippen LogP contribution is -3.14. The van der Waals surface area contributed by atoms with E-state index in [1.54, 1.807) is 4.90 Å². The van der Waals surface area contributed by atoms with Crippen molar-refractivity contribution < 1.29 is 9.64 Å². The van der Waals surface area contributed by atoms with Gasteiger partial charge in [0.1, 0.15) is 5.75 Å². The zero-order valence-corrected chi connectivity index (χ0v) is 17.1. The van der Waals surface area contributed by atoms with E-state index >= 15 is 0 Å². The number of piperidine rings is 1. The summed E-state index contributed by atoms with van der Waals surface area (Å²) < 4.78 is 6.69. The maximum absolute atomic E-state index is 6.69. The van der Waals surface area contributed by atoms with Crippen LogP contribution in [0.5, 0.6) is 5.75 Å². The Hall–Kier alpha value is -2.04. The third kappa shape index (κ3) is 2.99. The van der Waals surface area contributed by atoms with Crippen LogP contribution in [-0.2, 0) is 0 Å². The van der Waals surface area contributed by atoms with Crippen molar-refractivity contribution >= 4 is 17.3 Å². The van der Waals surface area contributed by atoms with Gasteiger partial charge >= 0.3 is 0 Å². The minimum atomic E-state index is -0.315. The summed E-state index contributed by atoms with van der Waals surface area (Å²) in [4.78, 5) is 1.69. The summed E-state index contributed by atoms with van der Waals surface area (Å²) in [5.74, 6) is 1.04. The molecule has 2 aromatic rings. The first-order chi connectivity index (χ1) is 13.7. The largest absolute Gasteiger partial charge is 0.466 e. The number of nitrogens with one attached hydrogen (secondary N) is 1. The normalized spacial score (nSPS) is 28.5. The molecule has 0 bridgehead atoms. The van der Waals surface area contributed by atoms with Crippen molar-refractivity contribution in [1.29, 1.82) is 0 Å². The average Bonchev–Trinajstić information content (AvgIpc) is 3.17. The van der Waals surface area contributed by atoms with Gasteiger partial charge in [-0.2, -0.15) is 5.10 Å². The molecule has 0 amide bonds. The fraction of sp³-hybridized carbons (Fsp3) is 0.435. The van der Waals surface area contributed by atoms with Gasteiger partial charge in [0.2, 0.25) is 5.72 Å². The van der Waals surface area contributed by atoms with Gasteiger partial charge in [-0.25, -0.2) is 5.01 Å². The first-order valence-corrected chi connectivity index (χ1v) is 10.8. The molecule has 1 spiro atoms. The lowest BCUT2D eigenvalue weighted by molar-refractivity contribution is -0.908. The van der Waals surface area contributed by atoms with Crippen molar-refractivity contribution in [3.8, 4) is 5.75 Å². The molecule has 1 N–H and O–H groups in total. The van der Waals surface area contributed by atoms with E-state index in [-0.39, 0.29) is 11.8 Å². The van der Waals surface area contributed by atoms with E-state index < -0.39 is 0 Å². The van der Waals surface area contributed by atoms with E-state index in [9.17, 15) is 0 Å². The molecule has 1 atom stereocenters. The Kier molecular flexibility index (Phi) is 4.56. The van der Waals surface area contributed by atoms with Gasteiger partial charge in [-0.05, 0) is 30.2 Å². The number of fused-ring (bicyclic) bond motifs is 4. The van der Waals surface area contributed by atoms with Crippen molar-refractivity contribution in [2.24, 2.45) is 5.10 Å².